The zero-order valence-corrected chi connectivity index (χ0v) is 22.7. The van der Waals surface area contributed by atoms with Crippen LogP contribution < -0.4 is 5.32 Å². The Morgan fingerprint density at radius 1 is 1.32 bits per heavy atom. The van der Waals surface area contributed by atoms with Crippen LogP contribution in [-0.4, -0.2) is 88.7 Å². The van der Waals surface area contributed by atoms with E-state index in [0.29, 0.717) is 30.5 Å². The molecule has 2 saturated heterocycles. The first-order chi connectivity index (χ1) is 18.9. The molecule has 1 aromatic carbocycles. The molecule has 2 fully saturated rings. The number of carbonyl (C=O) groups is 2. The van der Waals surface area contributed by atoms with Gasteiger partial charge in [-0.2, -0.15) is 5.26 Å². The van der Waals surface area contributed by atoms with Gasteiger partial charge in [0.15, 0.2) is 0 Å². The van der Waals surface area contributed by atoms with Gasteiger partial charge < -0.3 is 29.4 Å². The maximum atomic E-state index is 13.8. The van der Waals surface area contributed by atoms with Crippen molar-refractivity contribution in [3.63, 3.8) is 0 Å². The second-order valence-electron chi connectivity index (χ2n) is 11.3. The number of piperidine rings is 1. The topological polar surface area (TPSA) is 139 Å². The summed E-state index contributed by atoms with van der Waals surface area (Å²) in [7, 11) is -1.86. The molecule has 0 bridgehead atoms. The number of hydrogen-bond acceptors (Lipinski definition) is 8. The minimum atomic E-state index is -2.78. The number of fused-ring (bicyclic) bond motifs is 1. The number of halogens is 2. The van der Waals surface area contributed by atoms with E-state index in [9.17, 15) is 33.7 Å². The van der Waals surface area contributed by atoms with Crippen LogP contribution in [0, 0.1) is 17.2 Å². The third kappa shape index (κ3) is 7.10. The summed E-state index contributed by atoms with van der Waals surface area (Å²) < 4.78 is 38.5. The number of furan rings is 1. The number of alkyl carbamates (subject to hydrolysis) is 1. The molecule has 3 N–H and O–H groups in total. The average Bonchev–Trinajstić information content (AvgIpc) is 3.49. The molecular formula is C27H35BF2N4O6. The van der Waals surface area contributed by atoms with Crippen molar-refractivity contribution in [2.45, 2.75) is 69.5 Å². The molecule has 216 valence electrons. The number of benzene rings is 1. The monoisotopic (exact) mass is 560 g/mol. The Bertz CT molecular complexity index is 1250. The summed E-state index contributed by atoms with van der Waals surface area (Å²) >= 11 is 0. The minimum absolute atomic E-state index is 0.0748. The molecule has 4 rings (SSSR count). The van der Waals surface area contributed by atoms with E-state index >= 15 is 0 Å². The van der Waals surface area contributed by atoms with Gasteiger partial charge in [0.05, 0.1) is 31.4 Å². The van der Waals surface area contributed by atoms with Crippen molar-refractivity contribution >= 4 is 30.1 Å². The lowest BCUT2D eigenvalue weighted by atomic mass is 9.76. The van der Waals surface area contributed by atoms with Crippen molar-refractivity contribution < 1.29 is 37.6 Å². The van der Waals surface area contributed by atoms with Crippen molar-refractivity contribution in [2.75, 3.05) is 26.2 Å². The van der Waals surface area contributed by atoms with Gasteiger partial charge in [-0.15, -0.1) is 0 Å². The smallest absolute Gasteiger partial charge is 0.464 e. The van der Waals surface area contributed by atoms with E-state index in [1.165, 1.54) is 11.2 Å². The molecule has 2 aliphatic heterocycles. The van der Waals surface area contributed by atoms with Crippen molar-refractivity contribution in [1.82, 2.24) is 15.1 Å². The minimum Gasteiger partial charge on any atom is -0.464 e. The summed E-state index contributed by atoms with van der Waals surface area (Å²) in [6.07, 6.45) is 0.938. The van der Waals surface area contributed by atoms with Gasteiger partial charge in [-0.1, -0.05) is 18.2 Å². The lowest BCUT2D eigenvalue weighted by molar-refractivity contribution is -0.138. The number of ether oxygens (including phenoxy) is 1. The number of hydrogen-bond donors (Lipinski definition) is 3. The number of nitriles is 1. The molecule has 0 spiro atoms. The lowest BCUT2D eigenvalue weighted by Crippen LogP contribution is -2.51. The van der Waals surface area contributed by atoms with Crippen molar-refractivity contribution in [1.29, 1.82) is 5.26 Å². The summed E-state index contributed by atoms with van der Waals surface area (Å²) in [6.45, 7) is 3.77. The van der Waals surface area contributed by atoms with E-state index in [4.69, 9.17) is 9.15 Å². The van der Waals surface area contributed by atoms with Crippen LogP contribution in [-0.2, 0) is 16.0 Å². The van der Waals surface area contributed by atoms with Crippen molar-refractivity contribution in [3.05, 3.63) is 36.1 Å². The van der Waals surface area contributed by atoms with Gasteiger partial charge in [-0.3, -0.25) is 9.69 Å². The van der Waals surface area contributed by atoms with Crippen LogP contribution in [0.3, 0.4) is 0 Å². The highest BCUT2D eigenvalue weighted by Crippen LogP contribution is 2.35. The van der Waals surface area contributed by atoms with Crippen LogP contribution in [0.2, 0.25) is 0 Å². The lowest BCUT2D eigenvalue weighted by Gasteiger charge is -2.38. The molecule has 0 aliphatic carbocycles. The molecule has 10 nitrogen and oxygen atoms in total. The maximum Gasteiger partial charge on any atom is 0.475 e. The van der Waals surface area contributed by atoms with E-state index in [1.54, 1.807) is 24.8 Å². The Morgan fingerprint density at radius 3 is 2.75 bits per heavy atom. The Balaban J connectivity index is 1.32. The number of nitrogens with zero attached hydrogens (tertiary/aromatic N) is 3. The molecule has 3 heterocycles. The summed E-state index contributed by atoms with van der Waals surface area (Å²) in [5.74, 6) is -5.31. The third-order valence-electron chi connectivity index (χ3n) is 7.81. The van der Waals surface area contributed by atoms with Crippen molar-refractivity contribution in [2.24, 2.45) is 5.92 Å². The van der Waals surface area contributed by atoms with Gasteiger partial charge >= 0.3 is 13.2 Å². The number of carbonyl (C=O) groups excluding carboxylic acids is 2. The Labute approximate surface area is 232 Å². The Kier molecular flexibility index (Phi) is 9.02. The molecule has 13 heteroatoms. The molecular weight excluding hydrogens is 525 g/mol. The molecule has 1 unspecified atom stereocenters. The van der Waals surface area contributed by atoms with Gasteiger partial charge in [0.2, 0.25) is 5.91 Å². The van der Waals surface area contributed by atoms with Gasteiger partial charge in [0.25, 0.3) is 5.92 Å². The maximum absolute atomic E-state index is 13.8. The largest absolute Gasteiger partial charge is 0.475 e. The summed E-state index contributed by atoms with van der Waals surface area (Å²) in [4.78, 5) is 29.0. The number of para-hydroxylation sites is 1. The van der Waals surface area contributed by atoms with E-state index in [1.807, 2.05) is 24.3 Å². The first-order valence-electron chi connectivity index (χ1n) is 13.5. The normalized spacial score (nSPS) is 21.0. The van der Waals surface area contributed by atoms with E-state index < -0.39 is 55.1 Å². The van der Waals surface area contributed by atoms with E-state index in [0.717, 1.165) is 5.39 Å². The molecule has 1 aromatic heterocycles. The number of rotatable bonds is 9. The molecule has 2 amide bonds. The number of alkyl halides is 2. The fourth-order valence-corrected chi connectivity index (χ4v) is 5.52. The highest BCUT2D eigenvalue weighted by molar-refractivity contribution is 6.43. The SMILES string of the molecule is CC(C)(CC(C#N)C(=O)N1CCC[C@H](OC(=O)N[C@@H](Cc2coc3ccccc23)B(O)O)C1)N1CCC(F)(F)C1. The number of amides is 2. The molecule has 2 aromatic rings. The van der Waals surface area contributed by atoms with Crippen molar-refractivity contribution in [3.8, 4) is 6.07 Å². The van der Waals surface area contributed by atoms with Crippen LogP contribution in [0.15, 0.2) is 34.9 Å². The first-order valence-corrected chi connectivity index (χ1v) is 13.5. The summed E-state index contributed by atoms with van der Waals surface area (Å²) in [5, 5.41) is 32.8. The fraction of sp³-hybridized carbons (Fsp3) is 0.593. The Morgan fingerprint density at radius 2 is 2.08 bits per heavy atom. The summed E-state index contributed by atoms with van der Waals surface area (Å²) in [5.41, 5.74) is 0.546. The van der Waals surface area contributed by atoms with Crippen LogP contribution in [0.4, 0.5) is 13.6 Å². The molecule has 0 saturated carbocycles. The predicted molar refractivity (Wildman–Crippen MR) is 142 cm³/mol. The third-order valence-corrected chi connectivity index (χ3v) is 7.81. The zero-order chi connectivity index (χ0) is 29.1. The highest BCUT2D eigenvalue weighted by Gasteiger charge is 2.45. The molecule has 2 aliphatic rings. The number of likely N-dealkylation sites (tertiary alicyclic amines) is 2. The van der Waals surface area contributed by atoms with E-state index in [-0.39, 0.29) is 32.4 Å². The summed E-state index contributed by atoms with van der Waals surface area (Å²) in [6, 6.07) is 9.29. The van der Waals surface area contributed by atoms with E-state index in [2.05, 4.69) is 5.32 Å². The average molecular weight is 560 g/mol. The number of nitrogens with one attached hydrogen (secondary N) is 1. The quantitative estimate of drug-likeness (QED) is 0.398. The van der Waals surface area contributed by atoms with Gasteiger partial charge in [-0.25, -0.2) is 13.6 Å². The highest BCUT2D eigenvalue weighted by atomic mass is 19.3. The second-order valence-corrected chi connectivity index (χ2v) is 11.3. The van der Waals surface area contributed by atoms with Crippen LogP contribution >= 0.6 is 0 Å². The van der Waals surface area contributed by atoms with Crippen LogP contribution in [0.5, 0.6) is 0 Å². The molecule has 40 heavy (non-hydrogen) atoms. The van der Waals surface area contributed by atoms with Gasteiger partial charge in [-0.05, 0) is 51.2 Å². The molecule has 3 atom stereocenters. The van der Waals surface area contributed by atoms with Crippen LogP contribution in [0.25, 0.3) is 11.0 Å². The zero-order valence-electron chi connectivity index (χ0n) is 22.7. The van der Waals surface area contributed by atoms with Gasteiger partial charge in [0, 0.05) is 30.4 Å². The predicted octanol–water partition coefficient (Wildman–Crippen LogP) is 2.72. The Hall–Kier alpha value is -3.21. The first kappa shape index (κ1) is 29.8. The van der Waals surface area contributed by atoms with Crippen LogP contribution in [0.1, 0.15) is 45.1 Å². The fourth-order valence-electron chi connectivity index (χ4n) is 5.52. The molecule has 0 radical (unpaired) electrons. The second kappa shape index (κ2) is 12.1. The standard InChI is InChI=1S/C27H35BF2N4O6/c1-26(2,34-11-9-27(29,30)17-34)13-19(14-31)24(35)33-10-5-6-20(15-33)40-25(36)32-23(28(37)38)12-18-16-39-22-8-4-3-7-21(18)22/h3-4,7-8,16,19-20,23,37-38H,5-6,9-13,15,17H2,1-2H3,(H,32,36)/t19?,20-,23-/m0/s1. The van der Waals surface area contributed by atoms with Gasteiger partial charge in [0.1, 0.15) is 17.6 Å².